The molecule has 9 nitrogen and oxygen atoms in total. The van der Waals surface area contributed by atoms with E-state index in [-0.39, 0.29) is 29.9 Å². The molecule has 1 aliphatic carbocycles. The molecule has 0 aromatic heterocycles. The van der Waals surface area contributed by atoms with Crippen LogP contribution in [0.1, 0.15) is 52.9 Å². The van der Waals surface area contributed by atoms with Gasteiger partial charge >= 0.3 is 12.1 Å². The summed E-state index contributed by atoms with van der Waals surface area (Å²) in [6, 6.07) is -1.83. The van der Waals surface area contributed by atoms with Gasteiger partial charge in [-0.25, -0.2) is 9.59 Å². The van der Waals surface area contributed by atoms with Crippen LogP contribution in [0, 0.1) is 5.41 Å². The summed E-state index contributed by atoms with van der Waals surface area (Å²) in [7, 11) is 2.50. The minimum atomic E-state index is -1.09. The summed E-state index contributed by atoms with van der Waals surface area (Å²) in [6.45, 7) is 5.48. The predicted octanol–water partition coefficient (Wildman–Crippen LogP) is 1.91. The molecule has 2 rings (SSSR count). The molecule has 0 bridgehead atoms. The number of hydrogen-bond acceptors (Lipinski definition) is 7. The lowest BCUT2D eigenvalue weighted by Gasteiger charge is -2.29. The van der Waals surface area contributed by atoms with Crippen molar-refractivity contribution in [3.63, 3.8) is 0 Å². The van der Waals surface area contributed by atoms with Crippen LogP contribution in [-0.4, -0.2) is 64.7 Å². The molecule has 170 valence electrons. The third-order valence-electron chi connectivity index (χ3n) is 5.11. The second-order valence-corrected chi connectivity index (χ2v) is 11.2. The van der Waals surface area contributed by atoms with Crippen LogP contribution < -0.4 is 16.0 Å². The zero-order chi connectivity index (χ0) is 22.4. The SMILES string of the molecule is CC(C)(C)OC(=O)N[C@H]1CSSC[C@@H](C(=O)O)NC(=O)C2(CCCC2)CCNC1=O. The van der Waals surface area contributed by atoms with Crippen LogP contribution in [-0.2, 0) is 19.1 Å². The highest BCUT2D eigenvalue weighted by atomic mass is 33.1. The maximum Gasteiger partial charge on any atom is 0.408 e. The Labute approximate surface area is 184 Å². The van der Waals surface area contributed by atoms with E-state index in [9.17, 15) is 24.3 Å². The molecule has 1 aliphatic heterocycles. The topological polar surface area (TPSA) is 134 Å². The second kappa shape index (κ2) is 10.6. The Hall–Kier alpha value is -1.62. The number of ether oxygens (including phenoxy) is 1. The lowest BCUT2D eigenvalue weighted by molar-refractivity contribution is -0.143. The summed E-state index contributed by atoms with van der Waals surface area (Å²) >= 11 is 0. The molecule has 0 radical (unpaired) electrons. The largest absolute Gasteiger partial charge is 0.480 e. The molecule has 0 unspecified atom stereocenters. The summed E-state index contributed by atoms with van der Waals surface area (Å²) in [4.78, 5) is 49.3. The van der Waals surface area contributed by atoms with Gasteiger partial charge in [0.2, 0.25) is 11.8 Å². The average molecular weight is 462 g/mol. The van der Waals surface area contributed by atoms with E-state index < -0.39 is 35.2 Å². The number of hydrogen-bond donors (Lipinski definition) is 4. The van der Waals surface area contributed by atoms with E-state index in [1.165, 1.54) is 21.6 Å². The van der Waals surface area contributed by atoms with Crippen molar-refractivity contribution in [2.24, 2.45) is 5.41 Å². The summed E-state index contributed by atoms with van der Waals surface area (Å²) in [5, 5.41) is 17.6. The Kier molecular flexibility index (Phi) is 8.72. The minimum absolute atomic E-state index is 0.155. The first-order valence-corrected chi connectivity index (χ1v) is 12.6. The molecule has 30 heavy (non-hydrogen) atoms. The van der Waals surface area contributed by atoms with Gasteiger partial charge in [0.05, 0.1) is 5.41 Å². The molecule has 1 heterocycles. The summed E-state index contributed by atoms with van der Waals surface area (Å²) in [6.07, 6.45) is 2.87. The molecule has 0 aromatic carbocycles. The molecule has 0 aromatic rings. The van der Waals surface area contributed by atoms with Gasteiger partial charge in [-0.3, -0.25) is 9.59 Å². The Morgan fingerprint density at radius 1 is 1.13 bits per heavy atom. The van der Waals surface area contributed by atoms with Crippen LogP contribution in [0.3, 0.4) is 0 Å². The normalized spacial score (nSPS) is 25.8. The van der Waals surface area contributed by atoms with E-state index in [2.05, 4.69) is 16.0 Å². The highest BCUT2D eigenvalue weighted by Gasteiger charge is 2.42. The Bertz CT molecular complexity index is 661. The lowest BCUT2D eigenvalue weighted by atomic mass is 9.81. The van der Waals surface area contributed by atoms with Crippen LogP contribution in [0.15, 0.2) is 0 Å². The van der Waals surface area contributed by atoms with Crippen LogP contribution >= 0.6 is 21.6 Å². The zero-order valence-electron chi connectivity index (χ0n) is 17.6. The van der Waals surface area contributed by atoms with Crippen molar-refractivity contribution in [3.05, 3.63) is 0 Å². The van der Waals surface area contributed by atoms with Crippen LogP contribution in [0.2, 0.25) is 0 Å². The third kappa shape index (κ3) is 7.26. The van der Waals surface area contributed by atoms with Crippen molar-refractivity contribution in [2.75, 3.05) is 18.1 Å². The molecule has 2 aliphatic rings. The van der Waals surface area contributed by atoms with Gasteiger partial charge < -0.3 is 25.8 Å². The average Bonchev–Trinajstić information content (AvgIpc) is 3.10. The van der Waals surface area contributed by atoms with E-state index in [1.807, 2.05) is 0 Å². The maximum absolute atomic E-state index is 12.9. The number of nitrogens with one attached hydrogen (secondary N) is 3. The first-order chi connectivity index (χ1) is 14.0. The van der Waals surface area contributed by atoms with Crippen LogP contribution in [0.5, 0.6) is 0 Å². The molecule has 4 N–H and O–H groups in total. The first-order valence-electron chi connectivity index (χ1n) is 10.1. The molecular formula is C19H31N3O6S2. The zero-order valence-corrected chi connectivity index (χ0v) is 19.2. The monoisotopic (exact) mass is 461 g/mol. The Morgan fingerprint density at radius 2 is 1.77 bits per heavy atom. The first kappa shape index (κ1) is 24.6. The number of alkyl carbamates (subject to hydrolysis) is 1. The standard InChI is InChI=1S/C19H31N3O6S2/c1-18(2,3)28-17(27)22-12-10-29-30-11-13(15(24)25)21-16(26)19(6-4-5-7-19)8-9-20-14(12)23/h12-13H,4-11H2,1-3H3,(H,20,23)(H,21,26)(H,22,27)(H,24,25)/t12-,13-/m0/s1. The van der Waals surface area contributed by atoms with E-state index in [1.54, 1.807) is 20.8 Å². The fourth-order valence-electron chi connectivity index (χ4n) is 3.54. The maximum atomic E-state index is 12.9. The van der Waals surface area contributed by atoms with Crippen molar-refractivity contribution >= 4 is 45.5 Å². The molecule has 2 fully saturated rings. The predicted molar refractivity (Wildman–Crippen MR) is 116 cm³/mol. The molecule has 1 spiro atoms. The van der Waals surface area contributed by atoms with Crippen molar-refractivity contribution < 1.29 is 29.0 Å². The van der Waals surface area contributed by atoms with Gasteiger partial charge in [0.15, 0.2) is 0 Å². The quantitative estimate of drug-likeness (QED) is 0.458. The van der Waals surface area contributed by atoms with E-state index >= 15 is 0 Å². The Morgan fingerprint density at radius 3 is 2.37 bits per heavy atom. The molecule has 1 saturated heterocycles. The van der Waals surface area contributed by atoms with Gasteiger partial charge in [-0.15, -0.1) is 0 Å². The molecule has 3 amide bonds. The fourth-order valence-corrected chi connectivity index (χ4v) is 5.86. The van der Waals surface area contributed by atoms with Crippen molar-refractivity contribution in [1.29, 1.82) is 0 Å². The summed E-state index contributed by atoms with van der Waals surface area (Å²) in [5.74, 6) is -1.30. The van der Waals surface area contributed by atoms with E-state index in [0.29, 0.717) is 19.3 Å². The van der Waals surface area contributed by atoms with Crippen molar-refractivity contribution in [1.82, 2.24) is 16.0 Å². The van der Waals surface area contributed by atoms with Crippen LogP contribution in [0.4, 0.5) is 4.79 Å². The Balaban J connectivity index is 2.12. The fraction of sp³-hybridized carbons (Fsp3) is 0.789. The lowest BCUT2D eigenvalue weighted by Crippen LogP contribution is -2.51. The number of amides is 3. The highest BCUT2D eigenvalue weighted by molar-refractivity contribution is 8.76. The number of carbonyl (C=O) groups excluding carboxylic acids is 3. The second-order valence-electron chi connectivity index (χ2n) is 8.66. The van der Waals surface area contributed by atoms with E-state index in [0.717, 1.165) is 12.8 Å². The smallest absolute Gasteiger partial charge is 0.408 e. The number of aliphatic carboxylic acids is 1. The molecule has 1 saturated carbocycles. The van der Waals surface area contributed by atoms with Crippen LogP contribution in [0.25, 0.3) is 0 Å². The van der Waals surface area contributed by atoms with Gasteiger partial charge in [-0.2, -0.15) is 0 Å². The minimum Gasteiger partial charge on any atom is -0.480 e. The third-order valence-corrected chi connectivity index (χ3v) is 7.53. The van der Waals surface area contributed by atoms with Gasteiger partial charge in [0, 0.05) is 18.1 Å². The molecule has 2 atom stereocenters. The van der Waals surface area contributed by atoms with Gasteiger partial charge in [0.1, 0.15) is 17.7 Å². The van der Waals surface area contributed by atoms with Gasteiger partial charge in [0.25, 0.3) is 0 Å². The summed E-state index contributed by atoms with van der Waals surface area (Å²) < 4.78 is 5.24. The summed E-state index contributed by atoms with van der Waals surface area (Å²) in [5.41, 5.74) is -1.36. The highest BCUT2D eigenvalue weighted by Crippen LogP contribution is 2.41. The van der Waals surface area contributed by atoms with E-state index in [4.69, 9.17) is 4.74 Å². The number of carboxylic acid groups (broad SMARTS) is 1. The number of carboxylic acids is 1. The van der Waals surface area contributed by atoms with Gasteiger partial charge in [-0.05, 0) is 40.0 Å². The number of carbonyl (C=O) groups is 4. The number of rotatable bonds is 2. The molecular weight excluding hydrogens is 430 g/mol. The van der Waals surface area contributed by atoms with Gasteiger partial charge in [-0.1, -0.05) is 34.4 Å². The van der Waals surface area contributed by atoms with Crippen molar-refractivity contribution in [3.8, 4) is 0 Å². The molecule has 11 heteroatoms. The van der Waals surface area contributed by atoms with Crippen molar-refractivity contribution in [2.45, 2.75) is 70.6 Å².